The number of rotatable bonds is 13. The van der Waals surface area contributed by atoms with Gasteiger partial charge in [-0.25, -0.2) is 0 Å². The van der Waals surface area contributed by atoms with Crippen molar-refractivity contribution in [2.45, 2.75) is 109 Å². The molecule has 1 radical (unpaired) electrons. The van der Waals surface area contributed by atoms with Crippen LogP contribution < -0.4 is 0 Å². The van der Waals surface area contributed by atoms with Crippen LogP contribution in [0.25, 0.3) is 0 Å². The fraction of sp³-hybridized carbons (Fsp3) is 0.905. The van der Waals surface area contributed by atoms with E-state index < -0.39 is 0 Å². The molecule has 0 heterocycles. The van der Waals surface area contributed by atoms with Crippen molar-refractivity contribution in [2.75, 3.05) is 6.61 Å². The molecular weight excluding hydrogens is 284 g/mol. The summed E-state index contributed by atoms with van der Waals surface area (Å²) >= 11 is 0. The van der Waals surface area contributed by atoms with Crippen molar-refractivity contribution < 1.29 is 9.53 Å². The number of ether oxygens (including phenoxy) is 1. The second-order valence-electron chi connectivity index (χ2n) is 7.33. The molecule has 1 aliphatic carbocycles. The molecule has 0 aliphatic heterocycles. The highest BCUT2D eigenvalue weighted by Gasteiger charge is 2.14. The number of hydrogen-bond acceptors (Lipinski definition) is 2. The lowest BCUT2D eigenvalue weighted by Crippen LogP contribution is -2.13. The average molecular weight is 324 g/mol. The molecule has 0 unspecified atom stereocenters. The van der Waals surface area contributed by atoms with E-state index in [-0.39, 0.29) is 5.97 Å². The maximum absolute atomic E-state index is 11.8. The summed E-state index contributed by atoms with van der Waals surface area (Å²) in [5.41, 5.74) is 0. The maximum atomic E-state index is 11.8. The first-order chi connectivity index (χ1) is 11.3. The Morgan fingerprint density at radius 3 is 1.87 bits per heavy atom. The van der Waals surface area contributed by atoms with Crippen LogP contribution in [0.1, 0.15) is 109 Å². The molecule has 1 fully saturated rings. The number of hydrogen-bond donors (Lipinski definition) is 0. The molecule has 2 nitrogen and oxygen atoms in total. The summed E-state index contributed by atoms with van der Waals surface area (Å²) in [6.07, 6.45) is 21.0. The Balaban J connectivity index is 1.84. The van der Waals surface area contributed by atoms with E-state index in [1.807, 2.05) is 0 Å². The molecule has 0 N–H and O–H groups in total. The molecule has 0 spiro atoms. The lowest BCUT2D eigenvalue weighted by atomic mass is 10.0. The van der Waals surface area contributed by atoms with E-state index in [9.17, 15) is 4.79 Å². The van der Waals surface area contributed by atoms with Crippen LogP contribution in [0.3, 0.4) is 0 Å². The quantitative estimate of drug-likeness (QED) is 0.216. The summed E-state index contributed by atoms with van der Waals surface area (Å²) in [7, 11) is 0. The monoisotopic (exact) mass is 323 g/mol. The van der Waals surface area contributed by atoms with Crippen LogP contribution in [0.2, 0.25) is 0 Å². The smallest absolute Gasteiger partial charge is 0.305 e. The Labute approximate surface area is 144 Å². The number of unbranched alkanes of at least 4 members (excludes halogenated alkanes) is 9. The van der Waals surface area contributed by atoms with E-state index in [1.54, 1.807) is 0 Å². The van der Waals surface area contributed by atoms with Crippen LogP contribution >= 0.6 is 0 Å². The molecule has 0 atom stereocenters. The molecule has 2 heteroatoms. The summed E-state index contributed by atoms with van der Waals surface area (Å²) in [4.78, 5) is 11.8. The highest BCUT2D eigenvalue weighted by atomic mass is 16.5. The van der Waals surface area contributed by atoms with Crippen LogP contribution in [0, 0.1) is 12.8 Å². The normalized spacial score (nSPS) is 16.2. The van der Waals surface area contributed by atoms with Crippen LogP contribution in [-0.4, -0.2) is 12.6 Å². The third-order valence-electron chi connectivity index (χ3n) is 5.09. The van der Waals surface area contributed by atoms with Gasteiger partial charge in [0.1, 0.15) is 0 Å². The lowest BCUT2D eigenvalue weighted by molar-refractivity contribution is -0.145. The van der Waals surface area contributed by atoms with Gasteiger partial charge in [-0.05, 0) is 25.2 Å². The van der Waals surface area contributed by atoms with Crippen LogP contribution in [0.5, 0.6) is 0 Å². The number of carbonyl (C=O) groups excluding carboxylic acids is 1. The predicted octanol–water partition coefficient (Wildman–Crippen LogP) is 6.63. The van der Waals surface area contributed by atoms with E-state index in [0.717, 1.165) is 12.8 Å². The Hall–Kier alpha value is -0.530. The summed E-state index contributed by atoms with van der Waals surface area (Å²) < 4.78 is 5.48. The first-order valence-corrected chi connectivity index (χ1v) is 10.3. The summed E-state index contributed by atoms with van der Waals surface area (Å²) in [5, 5.41) is 0. The van der Waals surface area contributed by atoms with Crippen LogP contribution in [0.4, 0.5) is 0 Å². The third kappa shape index (κ3) is 12.5. The van der Waals surface area contributed by atoms with E-state index in [1.165, 1.54) is 89.9 Å². The lowest BCUT2D eigenvalue weighted by Gasteiger charge is -2.14. The molecule has 1 aliphatic rings. The second kappa shape index (κ2) is 15.0. The molecule has 0 amide bonds. The average Bonchev–Trinajstić information content (AvgIpc) is 2.83. The zero-order valence-corrected chi connectivity index (χ0v) is 15.3. The zero-order valence-electron chi connectivity index (χ0n) is 15.3. The second-order valence-corrected chi connectivity index (χ2v) is 7.33. The first kappa shape index (κ1) is 20.5. The molecule has 23 heavy (non-hydrogen) atoms. The van der Waals surface area contributed by atoms with Crippen molar-refractivity contribution in [1.82, 2.24) is 0 Å². The van der Waals surface area contributed by atoms with Crippen molar-refractivity contribution in [1.29, 1.82) is 0 Å². The molecule has 0 aromatic rings. The summed E-state index contributed by atoms with van der Waals surface area (Å²) in [6.45, 7) is 4.55. The van der Waals surface area contributed by atoms with Gasteiger partial charge in [0.15, 0.2) is 0 Å². The van der Waals surface area contributed by atoms with E-state index in [0.29, 0.717) is 18.9 Å². The van der Waals surface area contributed by atoms with Crippen molar-refractivity contribution in [2.24, 2.45) is 5.92 Å². The van der Waals surface area contributed by atoms with Gasteiger partial charge in [0, 0.05) is 6.42 Å². The van der Waals surface area contributed by atoms with E-state index >= 15 is 0 Å². The van der Waals surface area contributed by atoms with Crippen molar-refractivity contribution in [3.05, 3.63) is 6.92 Å². The molecule has 1 saturated carbocycles. The van der Waals surface area contributed by atoms with Crippen molar-refractivity contribution in [3.8, 4) is 0 Å². The van der Waals surface area contributed by atoms with Gasteiger partial charge in [0.25, 0.3) is 0 Å². The predicted molar refractivity (Wildman–Crippen MR) is 98.3 cm³/mol. The zero-order chi connectivity index (χ0) is 16.6. The molecule has 1 rings (SSSR count). The molecular formula is C21H39O2. The van der Waals surface area contributed by atoms with Gasteiger partial charge in [0.05, 0.1) is 6.61 Å². The molecule has 0 saturated heterocycles. The highest BCUT2D eigenvalue weighted by molar-refractivity contribution is 5.69. The van der Waals surface area contributed by atoms with Gasteiger partial charge in [-0.1, -0.05) is 90.4 Å². The van der Waals surface area contributed by atoms with Crippen LogP contribution in [-0.2, 0) is 9.53 Å². The number of carbonyl (C=O) groups is 1. The largest absolute Gasteiger partial charge is 0.465 e. The Morgan fingerprint density at radius 2 is 1.30 bits per heavy atom. The highest BCUT2D eigenvalue weighted by Crippen LogP contribution is 2.23. The minimum atomic E-state index is 0.0300. The fourth-order valence-corrected chi connectivity index (χ4v) is 3.50. The summed E-state index contributed by atoms with van der Waals surface area (Å²) in [6, 6.07) is 0. The van der Waals surface area contributed by atoms with Crippen molar-refractivity contribution in [3.63, 3.8) is 0 Å². The van der Waals surface area contributed by atoms with E-state index in [4.69, 9.17) is 4.74 Å². The fourth-order valence-electron chi connectivity index (χ4n) is 3.50. The van der Waals surface area contributed by atoms with Gasteiger partial charge in [-0.2, -0.15) is 0 Å². The molecule has 0 aromatic heterocycles. The Kier molecular flexibility index (Phi) is 13.4. The van der Waals surface area contributed by atoms with Gasteiger partial charge in [-0.15, -0.1) is 0 Å². The van der Waals surface area contributed by atoms with Gasteiger partial charge in [0.2, 0.25) is 0 Å². The number of esters is 1. The standard InChI is InChI=1S/C21H39O2/c1-2-3-4-5-6-7-8-9-10-15-18-21(22)23-19-20-16-13-11-12-14-17-20/h20H,1-19H2. The van der Waals surface area contributed by atoms with E-state index in [2.05, 4.69) is 6.92 Å². The van der Waals surface area contributed by atoms with Crippen molar-refractivity contribution >= 4 is 5.97 Å². The third-order valence-corrected chi connectivity index (χ3v) is 5.09. The topological polar surface area (TPSA) is 26.3 Å². The van der Waals surface area contributed by atoms with Gasteiger partial charge < -0.3 is 4.74 Å². The minimum absolute atomic E-state index is 0.0300. The SMILES string of the molecule is [CH2]CCCCCCCCCCCC(=O)OCC1CCCCCC1. The first-order valence-electron chi connectivity index (χ1n) is 10.3. The van der Waals surface area contributed by atoms with Gasteiger partial charge in [-0.3, -0.25) is 4.79 Å². The maximum Gasteiger partial charge on any atom is 0.305 e. The Morgan fingerprint density at radius 1 is 0.783 bits per heavy atom. The molecule has 0 bridgehead atoms. The van der Waals surface area contributed by atoms with Gasteiger partial charge >= 0.3 is 5.97 Å². The van der Waals surface area contributed by atoms with Crippen LogP contribution in [0.15, 0.2) is 0 Å². The summed E-state index contributed by atoms with van der Waals surface area (Å²) in [5.74, 6) is 0.660. The molecule has 0 aromatic carbocycles. The Bertz CT molecular complexity index is 267. The molecule has 135 valence electrons. The minimum Gasteiger partial charge on any atom is -0.465 e.